The Bertz CT molecular complexity index is 472. The van der Waals surface area contributed by atoms with Crippen LogP contribution >= 0.6 is 0 Å². The SMILES string of the molecule is C#CCCC(=O)c1cc(C(F)(F)F)ccc1N. The summed E-state index contributed by atoms with van der Waals surface area (Å²) in [5.74, 6) is 1.77. The standard InChI is InChI=1S/C12H10F3NO/c1-2-3-4-11(17)9-7-8(12(13,14)15)5-6-10(9)16/h1,5-7H,3-4,16H2. The fraction of sp³-hybridized carbons (Fsp3) is 0.250. The van der Waals surface area contributed by atoms with E-state index in [0.717, 1.165) is 18.2 Å². The van der Waals surface area contributed by atoms with Gasteiger partial charge in [-0.3, -0.25) is 4.79 Å². The van der Waals surface area contributed by atoms with Crippen LogP contribution in [0.4, 0.5) is 18.9 Å². The molecule has 0 aliphatic heterocycles. The average molecular weight is 241 g/mol. The van der Waals surface area contributed by atoms with Gasteiger partial charge in [0.15, 0.2) is 5.78 Å². The van der Waals surface area contributed by atoms with Crippen LogP contribution in [0, 0.1) is 12.3 Å². The normalized spacial score (nSPS) is 10.9. The van der Waals surface area contributed by atoms with E-state index in [9.17, 15) is 18.0 Å². The topological polar surface area (TPSA) is 43.1 Å². The Hall–Kier alpha value is -1.96. The van der Waals surface area contributed by atoms with Crippen molar-refractivity contribution < 1.29 is 18.0 Å². The predicted octanol–water partition coefficient (Wildman–Crippen LogP) is 2.88. The molecule has 5 heteroatoms. The molecule has 1 aromatic rings. The summed E-state index contributed by atoms with van der Waals surface area (Å²) in [5, 5.41) is 0. The second-order valence-electron chi connectivity index (χ2n) is 3.43. The maximum Gasteiger partial charge on any atom is 0.416 e. The van der Waals surface area contributed by atoms with Crippen LogP contribution in [0.3, 0.4) is 0 Å². The smallest absolute Gasteiger partial charge is 0.398 e. The van der Waals surface area contributed by atoms with Crippen molar-refractivity contribution in [3.05, 3.63) is 29.3 Å². The minimum atomic E-state index is -4.49. The van der Waals surface area contributed by atoms with Crippen LogP contribution in [-0.4, -0.2) is 5.78 Å². The third-order valence-corrected chi connectivity index (χ3v) is 2.18. The molecule has 1 aromatic carbocycles. The number of Topliss-reactive ketones (excluding diaryl/α,β-unsaturated/α-hetero) is 1. The lowest BCUT2D eigenvalue weighted by Crippen LogP contribution is -2.09. The molecule has 0 radical (unpaired) electrons. The molecule has 0 spiro atoms. The third kappa shape index (κ3) is 3.25. The number of rotatable bonds is 3. The summed E-state index contributed by atoms with van der Waals surface area (Å²) in [6.45, 7) is 0. The maximum atomic E-state index is 12.4. The zero-order valence-corrected chi connectivity index (χ0v) is 8.84. The summed E-state index contributed by atoms with van der Waals surface area (Å²) in [7, 11) is 0. The van der Waals surface area contributed by atoms with Gasteiger partial charge < -0.3 is 5.73 Å². The van der Waals surface area contributed by atoms with Crippen molar-refractivity contribution in [1.29, 1.82) is 0 Å². The maximum absolute atomic E-state index is 12.4. The number of anilines is 1. The minimum Gasteiger partial charge on any atom is -0.398 e. The van der Waals surface area contributed by atoms with Crippen molar-refractivity contribution in [2.24, 2.45) is 0 Å². The molecule has 1 rings (SSSR count). The van der Waals surface area contributed by atoms with E-state index < -0.39 is 17.5 Å². The van der Waals surface area contributed by atoms with Gasteiger partial charge in [0.25, 0.3) is 0 Å². The van der Waals surface area contributed by atoms with Crippen molar-refractivity contribution in [2.45, 2.75) is 19.0 Å². The summed E-state index contributed by atoms with van der Waals surface area (Å²) >= 11 is 0. The number of hydrogen-bond acceptors (Lipinski definition) is 2. The molecular weight excluding hydrogens is 231 g/mol. The lowest BCUT2D eigenvalue weighted by Gasteiger charge is -2.10. The number of hydrogen-bond donors (Lipinski definition) is 1. The quantitative estimate of drug-likeness (QED) is 0.502. The largest absolute Gasteiger partial charge is 0.416 e. The first-order valence-corrected chi connectivity index (χ1v) is 4.79. The van der Waals surface area contributed by atoms with Crippen LogP contribution in [0.25, 0.3) is 0 Å². The monoisotopic (exact) mass is 241 g/mol. The molecule has 0 atom stereocenters. The van der Waals surface area contributed by atoms with Crippen LogP contribution in [-0.2, 0) is 6.18 Å². The van der Waals surface area contributed by atoms with Crippen molar-refractivity contribution >= 4 is 11.5 Å². The number of terminal acetylenes is 1. The Morgan fingerprint density at radius 2 is 2.06 bits per heavy atom. The highest BCUT2D eigenvalue weighted by molar-refractivity contribution is 6.01. The lowest BCUT2D eigenvalue weighted by atomic mass is 10.0. The summed E-state index contributed by atoms with van der Waals surface area (Å²) in [6.07, 6.45) is 0.651. The van der Waals surface area contributed by atoms with E-state index in [0.29, 0.717) is 0 Å². The predicted molar refractivity (Wildman–Crippen MR) is 58.3 cm³/mol. The number of alkyl halides is 3. The first-order valence-electron chi connectivity index (χ1n) is 4.79. The molecule has 0 heterocycles. The Balaban J connectivity index is 3.07. The van der Waals surface area contributed by atoms with E-state index in [2.05, 4.69) is 5.92 Å². The van der Waals surface area contributed by atoms with Gasteiger partial charge in [-0.05, 0) is 18.2 Å². The van der Waals surface area contributed by atoms with E-state index in [4.69, 9.17) is 12.2 Å². The summed E-state index contributed by atoms with van der Waals surface area (Å²) in [6, 6.07) is 2.67. The number of ketones is 1. The van der Waals surface area contributed by atoms with Crippen molar-refractivity contribution in [3.8, 4) is 12.3 Å². The van der Waals surface area contributed by atoms with Gasteiger partial charge in [-0.1, -0.05) is 0 Å². The Kier molecular flexibility index (Phi) is 3.79. The fourth-order valence-corrected chi connectivity index (χ4v) is 1.29. The molecule has 0 aliphatic rings. The molecule has 0 amide bonds. The lowest BCUT2D eigenvalue weighted by molar-refractivity contribution is -0.137. The summed E-state index contributed by atoms with van der Waals surface area (Å²) in [4.78, 5) is 11.6. The minimum absolute atomic E-state index is 0.0119. The summed E-state index contributed by atoms with van der Waals surface area (Å²) < 4.78 is 37.3. The van der Waals surface area contributed by atoms with Crippen molar-refractivity contribution in [3.63, 3.8) is 0 Å². The highest BCUT2D eigenvalue weighted by Gasteiger charge is 2.31. The van der Waals surface area contributed by atoms with E-state index >= 15 is 0 Å². The molecule has 2 N–H and O–H groups in total. The van der Waals surface area contributed by atoms with Gasteiger partial charge in [-0.25, -0.2) is 0 Å². The van der Waals surface area contributed by atoms with Crippen molar-refractivity contribution in [2.75, 3.05) is 5.73 Å². The Morgan fingerprint density at radius 1 is 1.41 bits per heavy atom. The van der Waals surface area contributed by atoms with Crippen LogP contribution in [0.1, 0.15) is 28.8 Å². The molecule has 0 aliphatic carbocycles. The highest BCUT2D eigenvalue weighted by atomic mass is 19.4. The molecule has 0 saturated heterocycles. The third-order valence-electron chi connectivity index (χ3n) is 2.18. The Morgan fingerprint density at radius 3 is 2.59 bits per heavy atom. The average Bonchev–Trinajstić information content (AvgIpc) is 2.24. The van der Waals surface area contributed by atoms with Crippen LogP contribution in [0.2, 0.25) is 0 Å². The number of carbonyl (C=O) groups excluding carboxylic acids is 1. The van der Waals surface area contributed by atoms with Gasteiger partial charge in [0.1, 0.15) is 0 Å². The van der Waals surface area contributed by atoms with E-state index in [1.54, 1.807) is 0 Å². The molecule has 0 bridgehead atoms. The molecule has 90 valence electrons. The molecular formula is C12H10F3NO. The van der Waals surface area contributed by atoms with Crippen LogP contribution in [0.15, 0.2) is 18.2 Å². The first-order chi connectivity index (χ1) is 7.86. The van der Waals surface area contributed by atoms with Gasteiger partial charge >= 0.3 is 6.18 Å². The number of carbonyl (C=O) groups is 1. The van der Waals surface area contributed by atoms with Crippen molar-refractivity contribution in [1.82, 2.24) is 0 Å². The van der Waals surface area contributed by atoms with Gasteiger partial charge in [0.05, 0.1) is 5.56 Å². The highest BCUT2D eigenvalue weighted by Crippen LogP contribution is 2.31. The number of nitrogens with two attached hydrogens (primary N) is 1. The van der Waals surface area contributed by atoms with E-state index in [-0.39, 0.29) is 24.1 Å². The number of nitrogen functional groups attached to an aromatic ring is 1. The van der Waals surface area contributed by atoms with E-state index in [1.165, 1.54) is 0 Å². The van der Waals surface area contributed by atoms with Gasteiger partial charge in [0, 0.05) is 24.1 Å². The number of benzene rings is 1. The molecule has 0 fully saturated rings. The first kappa shape index (κ1) is 13.1. The second-order valence-corrected chi connectivity index (χ2v) is 3.43. The van der Waals surface area contributed by atoms with Crippen LogP contribution in [0.5, 0.6) is 0 Å². The molecule has 17 heavy (non-hydrogen) atoms. The molecule has 2 nitrogen and oxygen atoms in total. The molecule has 0 aromatic heterocycles. The zero-order valence-electron chi connectivity index (χ0n) is 8.84. The van der Waals surface area contributed by atoms with E-state index in [1.807, 2.05) is 0 Å². The molecule has 0 unspecified atom stereocenters. The van der Waals surface area contributed by atoms with Gasteiger partial charge in [-0.15, -0.1) is 12.3 Å². The fourth-order valence-electron chi connectivity index (χ4n) is 1.29. The van der Waals surface area contributed by atoms with Crippen LogP contribution < -0.4 is 5.73 Å². The zero-order chi connectivity index (χ0) is 13.1. The van der Waals surface area contributed by atoms with Gasteiger partial charge in [-0.2, -0.15) is 13.2 Å². The van der Waals surface area contributed by atoms with Gasteiger partial charge in [0.2, 0.25) is 0 Å². The second kappa shape index (κ2) is 4.91. The summed E-state index contributed by atoms with van der Waals surface area (Å²) in [5.41, 5.74) is 4.47. The number of halogens is 3. The Labute approximate surface area is 96.6 Å². The molecule has 0 saturated carbocycles.